The largest absolute Gasteiger partial charge is 0.484 e. The standard InChI is InChI=1S/C22H48O3Si/c1-4-7-8-9-10-11-12-13-14-15-16-17-18-19-20-21-22-25-26(23-5-2)24-6-3/h26H,4-22H2,1-3H3. The molecule has 0 unspecified atom stereocenters. The molecule has 0 aromatic heterocycles. The maximum absolute atomic E-state index is 5.74. The van der Waals surface area contributed by atoms with Crippen molar-refractivity contribution in [2.24, 2.45) is 0 Å². The zero-order valence-corrected chi connectivity index (χ0v) is 19.4. The van der Waals surface area contributed by atoms with E-state index in [0.717, 1.165) is 13.0 Å². The van der Waals surface area contributed by atoms with Gasteiger partial charge in [0.2, 0.25) is 0 Å². The average molecular weight is 389 g/mol. The van der Waals surface area contributed by atoms with E-state index >= 15 is 0 Å². The molecular formula is C22H48O3Si. The molecule has 0 aliphatic carbocycles. The fraction of sp³-hybridized carbons (Fsp3) is 1.00. The van der Waals surface area contributed by atoms with Gasteiger partial charge in [-0.1, -0.05) is 103 Å². The lowest BCUT2D eigenvalue weighted by atomic mass is 10.0. The maximum Gasteiger partial charge on any atom is 0.484 e. The summed E-state index contributed by atoms with van der Waals surface area (Å²) in [4.78, 5) is 0. The molecule has 0 bridgehead atoms. The maximum atomic E-state index is 5.74. The highest BCUT2D eigenvalue weighted by molar-refractivity contribution is 6.36. The molecule has 0 spiro atoms. The van der Waals surface area contributed by atoms with E-state index in [1.807, 2.05) is 13.8 Å². The molecule has 0 saturated carbocycles. The molecule has 0 saturated heterocycles. The summed E-state index contributed by atoms with van der Waals surface area (Å²) < 4.78 is 16.7. The van der Waals surface area contributed by atoms with Crippen molar-refractivity contribution < 1.29 is 13.3 Å². The zero-order chi connectivity index (χ0) is 19.1. The second-order valence-corrected chi connectivity index (χ2v) is 8.95. The van der Waals surface area contributed by atoms with E-state index in [1.165, 1.54) is 96.3 Å². The Hall–Kier alpha value is 0.0969. The van der Waals surface area contributed by atoms with Gasteiger partial charge in [0.1, 0.15) is 0 Å². The highest BCUT2D eigenvalue weighted by Gasteiger charge is 2.12. The molecule has 0 radical (unpaired) electrons. The lowest BCUT2D eigenvalue weighted by Crippen LogP contribution is -2.27. The third kappa shape index (κ3) is 20.4. The van der Waals surface area contributed by atoms with E-state index in [9.17, 15) is 0 Å². The van der Waals surface area contributed by atoms with Gasteiger partial charge < -0.3 is 13.3 Å². The summed E-state index contributed by atoms with van der Waals surface area (Å²) in [6, 6.07) is 0. The van der Waals surface area contributed by atoms with Crippen molar-refractivity contribution in [2.75, 3.05) is 19.8 Å². The minimum Gasteiger partial charge on any atom is -0.376 e. The molecule has 0 atom stereocenters. The minimum absolute atomic E-state index is 0.690. The van der Waals surface area contributed by atoms with E-state index in [-0.39, 0.29) is 0 Å². The zero-order valence-electron chi connectivity index (χ0n) is 18.2. The van der Waals surface area contributed by atoms with Gasteiger partial charge in [0, 0.05) is 19.8 Å². The van der Waals surface area contributed by atoms with Crippen LogP contribution in [0.2, 0.25) is 0 Å². The Morgan fingerprint density at radius 1 is 0.423 bits per heavy atom. The van der Waals surface area contributed by atoms with Gasteiger partial charge in [-0.2, -0.15) is 0 Å². The first kappa shape index (κ1) is 26.1. The molecule has 0 aliphatic rings. The third-order valence-electron chi connectivity index (χ3n) is 4.86. The summed E-state index contributed by atoms with van der Waals surface area (Å²) >= 11 is 0. The highest BCUT2D eigenvalue weighted by atomic mass is 28.3. The molecule has 26 heavy (non-hydrogen) atoms. The van der Waals surface area contributed by atoms with Crippen LogP contribution in [0.15, 0.2) is 0 Å². The summed E-state index contributed by atoms with van der Waals surface area (Å²) in [5.74, 6) is 0. The quantitative estimate of drug-likeness (QED) is 0.147. The molecule has 0 fully saturated rings. The molecule has 0 rings (SSSR count). The second kappa shape index (κ2) is 23.1. The van der Waals surface area contributed by atoms with Crippen LogP contribution in [0.1, 0.15) is 124 Å². The molecule has 0 N–H and O–H groups in total. The SMILES string of the molecule is CCCCCCCCCCCCCCCCCCO[SiH](OCC)OCC. The Morgan fingerprint density at radius 2 is 0.769 bits per heavy atom. The Labute approximate surface area is 166 Å². The van der Waals surface area contributed by atoms with Gasteiger partial charge in [0.05, 0.1) is 0 Å². The van der Waals surface area contributed by atoms with Gasteiger partial charge in [-0.3, -0.25) is 0 Å². The molecule has 3 nitrogen and oxygen atoms in total. The van der Waals surface area contributed by atoms with Gasteiger partial charge in [0.25, 0.3) is 0 Å². The fourth-order valence-corrected chi connectivity index (χ4v) is 4.44. The predicted molar refractivity (Wildman–Crippen MR) is 116 cm³/mol. The van der Waals surface area contributed by atoms with Crippen LogP contribution in [-0.4, -0.2) is 29.3 Å². The van der Waals surface area contributed by atoms with Crippen LogP contribution in [0.3, 0.4) is 0 Å². The van der Waals surface area contributed by atoms with Crippen molar-refractivity contribution in [3.8, 4) is 0 Å². The van der Waals surface area contributed by atoms with Crippen LogP contribution >= 0.6 is 0 Å². The lowest BCUT2D eigenvalue weighted by Gasteiger charge is -2.14. The molecule has 4 heteroatoms. The van der Waals surface area contributed by atoms with Crippen LogP contribution in [0.4, 0.5) is 0 Å². The van der Waals surface area contributed by atoms with Gasteiger partial charge in [-0.05, 0) is 20.3 Å². The van der Waals surface area contributed by atoms with E-state index in [2.05, 4.69) is 6.92 Å². The van der Waals surface area contributed by atoms with E-state index in [4.69, 9.17) is 13.3 Å². The number of unbranched alkanes of at least 4 members (excludes halogenated alkanes) is 15. The summed E-state index contributed by atoms with van der Waals surface area (Å²) in [5.41, 5.74) is 0. The van der Waals surface area contributed by atoms with Crippen molar-refractivity contribution in [1.29, 1.82) is 0 Å². The molecule has 158 valence electrons. The predicted octanol–water partition coefficient (Wildman–Crippen LogP) is 7.05. The molecule has 0 aliphatic heterocycles. The van der Waals surface area contributed by atoms with Crippen molar-refractivity contribution >= 4 is 9.53 Å². The first-order chi connectivity index (χ1) is 12.8. The van der Waals surface area contributed by atoms with Crippen LogP contribution in [0.25, 0.3) is 0 Å². The number of hydrogen-bond acceptors (Lipinski definition) is 3. The Morgan fingerprint density at radius 3 is 1.12 bits per heavy atom. The Kier molecular flexibility index (Phi) is 23.2. The van der Waals surface area contributed by atoms with Gasteiger partial charge in [0.15, 0.2) is 0 Å². The van der Waals surface area contributed by atoms with Crippen LogP contribution in [0, 0.1) is 0 Å². The van der Waals surface area contributed by atoms with Crippen molar-refractivity contribution in [3.05, 3.63) is 0 Å². The van der Waals surface area contributed by atoms with Crippen molar-refractivity contribution in [3.63, 3.8) is 0 Å². The monoisotopic (exact) mass is 388 g/mol. The van der Waals surface area contributed by atoms with E-state index < -0.39 is 9.53 Å². The topological polar surface area (TPSA) is 27.7 Å². The van der Waals surface area contributed by atoms with Crippen molar-refractivity contribution in [2.45, 2.75) is 124 Å². The normalized spacial score (nSPS) is 11.5. The van der Waals surface area contributed by atoms with Crippen LogP contribution in [-0.2, 0) is 13.3 Å². The minimum atomic E-state index is -1.83. The average Bonchev–Trinajstić information content (AvgIpc) is 2.64. The van der Waals surface area contributed by atoms with Crippen LogP contribution in [0.5, 0.6) is 0 Å². The second-order valence-electron chi connectivity index (χ2n) is 7.37. The molecule has 0 amide bonds. The molecular weight excluding hydrogens is 340 g/mol. The van der Waals surface area contributed by atoms with Gasteiger partial charge in [-0.25, -0.2) is 0 Å². The highest BCUT2D eigenvalue weighted by Crippen LogP contribution is 2.13. The number of rotatable bonds is 22. The Bertz CT molecular complexity index is 246. The first-order valence-electron chi connectivity index (χ1n) is 11.7. The summed E-state index contributed by atoms with van der Waals surface area (Å²) in [6.45, 7) is 8.47. The number of hydrogen-bond donors (Lipinski definition) is 0. The van der Waals surface area contributed by atoms with Gasteiger partial charge in [-0.15, -0.1) is 0 Å². The van der Waals surface area contributed by atoms with Gasteiger partial charge >= 0.3 is 9.53 Å². The van der Waals surface area contributed by atoms with E-state index in [1.54, 1.807) is 0 Å². The lowest BCUT2D eigenvalue weighted by molar-refractivity contribution is 0.100. The third-order valence-corrected chi connectivity index (χ3v) is 6.58. The Balaban J connectivity index is 3.13. The molecule has 0 aromatic rings. The smallest absolute Gasteiger partial charge is 0.376 e. The molecule has 0 aromatic carbocycles. The summed E-state index contributed by atoms with van der Waals surface area (Å²) in [7, 11) is -1.83. The first-order valence-corrected chi connectivity index (χ1v) is 13.1. The van der Waals surface area contributed by atoms with Crippen LogP contribution < -0.4 is 0 Å². The van der Waals surface area contributed by atoms with E-state index in [0.29, 0.717) is 13.2 Å². The molecule has 0 heterocycles. The fourth-order valence-electron chi connectivity index (χ4n) is 3.25. The summed E-state index contributed by atoms with van der Waals surface area (Å²) in [6.07, 6.45) is 22.4. The van der Waals surface area contributed by atoms with Crippen molar-refractivity contribution in [1.82, 2.24) is 0 Å². The summed E-state index contributed by atoms with van der Waals surface area (Å²) in [5, 5.41) is 0.